The van der Waals surface area contributed by atoms with Gasteiger partial charge in [-0.25, -0.2) is 0 Å². The summed E-state index contributed by atoms with van der Waals surface area (Å²) in [6.45, 7) is 0. The Balaban J connectivity index is 2.17. The minimum Gasteiger partial charge on any atom is -0.515 e. The van der Waals surface area contributed by atoms with Gasteiger partial charge in [0.2, 0.25) is 0 Å². The van der Waals surface area contributed by atoms with Gasteiger partial charge in [0.1, 0.15) is 0 Å². The van der Waals surface area contributed by atoms with Gasteiger partial charge < -0.3 is 5.11 Å². The largest absolute Gasteiger partial charge is 0.515 e. The second kappa shape index (κ2) is 4.30. The first kappa shape index (κ1) is 9.97. The van der Waals surface area contributed by atoms with Crippen LogP contribution in [0.15, 0.2) is 42.2 Å². The Hall–Kier alpha value is -1.57. The average Bonchev–Trinajstić information content (AvgIpc) is 2.31. The first-order valence-corrected chi connectivity index (χ1v) is 5.22. The molecule has 0 aromatic heterocycles. The Bertz CT molecular complexity index is 379. The van der Waals surface area contributed by atoms with E-state index in [-0.39, 0.29) is 5.78 Å². The number of allylic oxidation sites excluding steroid dienone is 1. The van der Waals surface area contributed by atoms with Gasteiger partial charge in [-0.15, -0.1) is 0 Å². The summed E-state index contributed by atoms with van der Waals surface area (Å²) in [7, 11) is 0. The fourth-order valence-corrected chi connectivity index (χ4v) is 2.08. The SMILES string of the molecule is O=C1CC[C@H](c2ccccc2)C/C1=C\O. The lowest BCUT2D eigenvalue weighted by Crippen LogP contribution is -2.15. The number of hydrogen-bond donors (Lipinski definition) is 1. The molecule has 1 saturated carbocycles. The minimum atomic E-state index is 0.0877. The van der Waals surface area contributed by atoms with Crippen molar-refractivity contribution in [1.29, 1.82) is 0 Å². The minimum absolute atomic E-state index is 0.0877. The monoisotopic (exact) mass is 202 g/mol. The van der Waals surface area contributed by atoms with Crippen molar-refractivity contribution in [3.05, 3.63) is 47.7 Å². The van der Waals surface area contributed by atoms with E-state index in [2.05, 4.69) is 12.1 Å². The van der Waals surface area contributed by atoms with Crippen LogP contribution in [-0.4, -0.2) is 10.9 Å². The molecule has 1 aromatic rings. The Morgan fingerprint density at radius 1 is 1.27 bits per heavy atom. The topological polar surface area (TPSA) is 37.3 Å². The summed E-state index contributed by atoms with van der Waals surface area (Å²) in [5.41, 5.74) is 1.82. The summed E-state index contributed by atoms with van der Waals surface area (Å²) in [5.74, 6) is 0.465. The molecule has 0 spiro atoms. The summed E-state index contributed by atoms with van der Waals surface area (Å²) >= 11 is 0. The highest BCUT2D eigenvalue weighted by Gasteiger charge is 2.24. The van der Waals surface area contributed by atoms with Crippen molar-refractivity contribution < 1.29 is 9.90 Å². The van der Waals surface area contributed by atoms with Gasteiger partial charge in [0.25, 0.3) is 0 Å². The maximum atomic E-state index is 11.4. The van der Waals surface area contributed by atoms with Gasteiger partial charge in [0.15, 0.2) is 5.78 Å². The molecule has 1 atom stereocenters. The molecule has 1 aromatic carbocycles. The summed E-state index contributed by atoms with van der Waals surface area (Å²) in [6, 6.07) is 10.2. The van der Waals surface area contributed by atoms with Crippen LogP contribution in [0.2, 0.25) is 0 Å². The molecule has 1 N–H and O–H groups in total. The molecule has 0 amide bonds. The van der Waals surface area contributed by atoms with Gasteiger partial charge in [-0.3, -0.25) is 4.79 Å². The van der Waals surface area contributed by atoms with E-state index in [9.17, 15) is 4.79 Å². The molecule has 1 aliphatic carbocycles. The van der Waals surface area contributed by atoms with Gasteiger partial charge in [0.05, 0.1) is 6.26 Å². The summed E-state index contributed by atoms with van der Waals surface area (Å²) in [4.78, 5) is 11.4. The lowest BCUT2D eigenvalue weighted by molar-refractivity contribution is -0.116. The molecule has 0 radical (unpaired) electrons. The molecule has 2 nitrogen and oxygen atoms in total. The van der Waals surface area contributed by atoms with Gasteiger partial charge in [-0.2, -0.15) is 0 Å². The van der Waals surface area contributed by atoms with Crippen molar-refractivity contribution in [3.8, 4) is 0 Å². The van der Waals surface area contributed by atoms with Gasteiger partial charge >= 0.3 is 0 Å². The van der Waals surface area contributed by atoms with Crippen molar-refractivity contribution in [3.63, 3.8) is 0 Å². The molecule has 2 heteroatoms. The Morgan fingerprint density at radius 2 is 2.00 bits per heavy atom. The second-order valence-electron chi connectivity index (χ2n) is 3.93. The molecular formula is C13H14O2. The zero-order chi connectivity index (χ0) is 10.7. The molecule has 1 aliphatic rings. The molecule has 1 fully saturated rings. The van der Waals surface area contributed by atoms with Gasteiger partial charge in [0, 0.05) is 12.0 Å². The standard InChI is InChI=1S/C13H14O2/c14-9-12-8-11(6-7-13(12)15)10-4-2-1-3-5-10/h1-5,9,11,14H,6-8H2/b12-9+/t11-/m0/s1. The number of aliphatic hydroxyl groups is 1. The smallest absolute Gasteiger partial charge is 0.161 e. The third-order valence-corrected chi connectivity index (χ3v) is 2.97. The van der Waals surface area contributed by atoms with E-state index in [1.807, 2.05) is 18.2 Å². The number of carbonyl (C=O) groups is 1. The summed E-state index contributed by atoms with van der Waals surface area (Å²) < 4.78 is 0. The van der Waals surface area contributed by atoms with E-state index in [0.717, 1.165) is 12.7 Å². The second-order valence-corrected chi connectivity index (χ2v) is 3.93. The third kappa shape index (κ3) is 2.09. The molecule has 0 heterocycles. The van der Waals surface area contributed by atoms with Crippen LogP contribution < -0.4 is 0 Å². The number of carbonyl (C=O) groups excluding carboxylic acids is 1. The number of ketones is 1. The number of benzene rings is 1. The van der Waals surface area contributed by atoms with Crippen LogP contribution in [0.3, 0.4) is 0 Å². The van der Waals surface area contributed by atoms with Crippen LogP contribution in [0, 0.1) is 0 Å². The number of rotatable bonds is 1. The van der Waals surface area contributed by atoms with E-state index in [4.69, 9.17) is 5.11 Å². The van der Waals surface area contributed by atoms with Crippen LogP contribution in [-0.2, 0) is 4.79 Å². The van der Waals surface area contributed by atoms with Crippen LogP contribution in [0.4, 0.5) is 0 Å². The normalized spacial score (nSPS) is 24.4. The van der Waals surface area contributed by atoms with Crippen LogP contribution in [0.25, 0.3) is 0 Å². The lowest BCUT2D eigenvalue weighted by Gasteiger charge is -2.22. The lowest BCUT2D eigenvalue weighted by atomic mass is 9.81. The quantitative estimate of drug-likeness (QED) is 0.561. The number of aliphatic hydroxyl groups excluding tert-OH is 1. The van der Waals surface area contributed by atoms with E-state index >= 15 is 0 Å². The van der Waals surface area contributed by atoms with Gasteiger partial charge in [-0.05, 0) is 24.3 Å². The third-order valence-electron chi connectivity index (χ3n) is 2.97. The predicted octanol–water partition coefficient (Wildman–Crippen LogP) is 2.97. The van der Waals surface area contributed by atoms with Gasteiger partial charge in [-0.1, -0.05) is 30.3 Å². The zero-order valence-corrected chi connectivity index (χ0v) is 8.52. The van der Waals surface area contributed by atoms with E-state index in [1.54, 1.807) is 0 Å². The molecule has 0 aliphatic heterocycles. The predicted molar refractivity (Wildman–Crippen MR) is 58.8 cm³/mol. The van der Waals surface area contributed by atoms with Crippen molar-refractivity contribution in [1.82, 2.24) is 0 Å². The first-order chi connectivity index (χ1) is 7.31. The van der Waals surface area contributed by atoms with Crippen LogP contribution >= 0.6 is 0 Å². The summed E-state index contributed by atoms with van der Waals surface area (Å²) in [6.07, 6.45) is 3.07. The van der Waals surface area contributed by atoms with Crippen molar-refractivity contribution in [2.24, 2.45) is 0 Å². The van der Waals surface area contributed by atoms with E-state index in [1.165, 1.54) is 5.56 Å². The highest BCUT2D eigenvalue weighted by molar-refractivity contribution is 5.96. The maximum Gasteiger partial charge on any atom is 0.161 e. The Labute approximate surface area is 89.2 Å². The molecule has 0 bridgehead atoms. The van der Waals surface area contributed by atoms with E-state index in [0.29, 0.717) is 24.3 Å². The number of Topliss-reactive ketones (excluding diaryl/α,β-unsaturated/α-hetero) is 1. The van der Waals surface area contributed by atoms with Crippen LogP contribution in [0.1, 0.15) is 30.7 Å². The van der Waals surface area contributed by atoms with Crippen LogP contribution in [0.5, 0.6) is 0 Å². The average molecular weight is 202 g/mol. The summed E-state index contributed by atoms with van der Waals surface area (Å²) in [5, 5.41) is 8.94. The molecule has 0 unspecified atom stereocenters. The molecule has 0 saturated heterocycles. The fraction of sp³-hybridized carbons (Fsp3) is 0.308. The fourth-order valence-electron chi connectivity index (χ4n) is 2.08. The highest BCUT2D eigenvalue weighted by atomic mass is 16.2. The molecular weight excluding hydrogens is 188 g/mol. The zero-order valence-electron chi connectivity index (χ0n) is 8.52. The van der Waals surface area contributed by atoms with Crippen molar-refractivity contribution in [2.45, 2.75) is 25.2 Å². The maximum absolute atomic E-state index is 11.4. The Kier molecular flexibility index (Phi) is 2.86. The molecule has 78 valence electrons. The molecule has 2 rings (SSSR count). The Morgan fingerprint density at radius 3 is 2.67 bits per heavy atom. The first-order valence-electron chi connectivity index (χ1n) is 5.22. The van der Waals surface area contributed by atoms with Crippen molar-refractivity contribution >= 4 is 5.78 Å². The molecule has 15 heavy (non-hydrogen) atoms. The number of hydrogen-bond acceptors (Lipinski definition) is 2. The van der Waals surface area contributed by atoms with E-state index < -0.39 is 0 Å². The highest BCUT2D eigenvalue weighted by Crippen LogP contribution is 2.33. The van der Waals surface area contributed by atoms with Crippen molar-refractivity contribution in [2.75, 3.05) is 0 Å².